The number of pyridine rings is 2. The molecule has 9 nitrogen and oxygen atoms in total. The van der Waals surface area contributed by atoms with Gasteiger partial charge in [-0.15, -0.1) is 0 Å². The van der Waals surface area contributed by atoms with Crippen molar-refractivity contribution in [2.45, 2.75) is 15.2 Å². The molecule has 1 aliphatic carbocycles. The fourth-order valence-electron chi connectivity index (χ4n) is 14.4. The Balaban J connectivity index is 1.02. The maximum absolute atomic E-state index is 10.3. The minimum Gasteiger partial charge on any atom is -0.308 e. The molecule has 0 radical (unpaired) electrons. The second-order valence-electron chi connectivity index (χ2n) is 21.8. The van der Waals surface area contributed by atoms with E-state index in [4.69, 9.17) is 9.97 Å². The Labute approximate surface area is 483 Å². The third-order valence-electron chi connectivity index (χ3n) is 17.8. The zero-order chi connectivity index (χ0) is 55.5. The largest absolute Gasteiger partial charge is 0.308 e. The predicted molar refractivity (Wildman–Crippen MR) is 335 cm³/mol. The van der Waals surface area contributed by atoms with Gasteiger partial charge in [-0.2, -0.15) is 15.8 Å². The highest BCUT2D eigenvalue weighted by Gasteiger charge is 2.53. The molecule has 0 atom stereocenters. The number of benzene rings is 10. The fourth-order valence-corrected chi connectivity index (χ4v) is 15.8. The summed E-state index contributed by atoms with van der Waals surface area (Å²) in [5.74, 6) is 0. The molecule has 10 aromatic carbocycles. The van der Waals surface area contributed by atoms with Gasteiger partial charge in [-0.3, -0.25) is 9.97 Å². The Bertz CT molecular complexity index is 5560. The lowest BCUT2D eigenvalue weighted by Crippen LogP contribution is -2.33. The van der Waals surface area contributed by atoms with Crippen LogP contribution in [-0.4, -0.2) is 28.2 Å². The molecule has 10 heteroatoms. The molecular formula is C74H39N9S. The first-order chi connectivity index (χ1) is 41.5. The van der Waals surface area contributed by atoms with Crippen molar-refractivity contribution in [2.75, 3.05) is 0 Å². The van der Waals surface area contributed by atoms with Crippen LogP contribution < -0.4 is 0 Å². The molecule has 0 saturated heterocycles. The average Bonchev–Trinajstić information content (AvgIpc) is 1.46. The van der Waals surface area contributed by atoms with E-state index in [1.807, 2.05) is 48.8 Å². The van der Waals surface area contributed by atoms with Crippen LogP contribution in [0, 0.1) is 34.0 Å². The summed E-state index contributed by atoms with van der Waals surface area (Å²) in [5, 5.41) is 39.2. The molecule has 1 spiro atoms. The molecule has 16 aromatic rings. The number of hydrogen-bond acceptors (Lipinski definition) is 6. The number of para-hydroxylation sites is 5. The summed E-state index contributed by atoms with van der Waals surface area (Å²) in [6.07, 6.45) is 4.00. The Morgan fingerprint density at radius 2 is 0.631 bits per heavy atom. The van der Waals surface area contributed by atoms with Gasteiger partial charge in [0.15, 0.2) is 0 Å². The third-order valence-corrected chi connectivity index (χ3v) is 19.0. The number of rotatable bonds is 4. The van der Waals surface area contributed by atoms with Crippen molar-refractivity contribution in [3.05, 3.63) is 276 Å². The lowest BCUT2D eigenvalue weighted by atomic mass is 9.67. The summed E-state index contributed by atoms with van der Waals surface area (Å²) < 4.78 is 9.41. The Kier molecular flexibility index (Phi) is 9.38. The molecule has 1 aliphatic heterocycles. The summed E-state index contributed by atoms with van der Waals surface area (Å²) in [6.45, 7) is 0. The van der Waals surface area contributed by atoms with Crippen LogP contribution in [0.25, 0.3) is 121 Å². The average molecular weight is 1090 g/mol. The number of nitrogens with zero attached hydrogens (tertiary/aromatic N) is 9. The first kappa shape index (κ1) is 46.3. The van der Waals surface area contributed by atoms with E-state index in [0.717, 1.165) is 153 Å². The van der Waals surface area contributed by atoms with Crippen molar-refractivity contribution in [1.29, 1.82) is 15.8 Å². The monoisotopic (exact) mass is 1090 g/mol. The standard InChI is InChI=1S/C74H39N9S/c75-38-43-27-30-65-53(33-43)50-15-3-8-22-62(50)81(65)47-37-59-71(79-42-47)70-58(36-46(41-78-70)80-60-20-6-1-13-48(60)49-14-2-7-21-61(49)80)74(59)56-18-11-25-68(82-63-23-9-4-16-51(63)54-34-44(39-76)28-31-66(54)82)72(56)84-73-57(74)19-12-26-69(73)83-64-24-10-5-17-52(64)55-35-45(40-77)29-32-67(55)83/h1-37,41-42H. The van der Waals surface area contributed by atoms with Crippen LogP contribution in [0.1, 0.15) is 38.9 Å². The van der Waals surface area contributed by atoms with E-state index in [-0.39, 0.29) is 0 Å². The summed E-state index contributed by atoms with van der Waals surface area (Å²) in [6, 6.07) is 86.1. The van der Waals surface area contributed by atoms with Gasteiger partial charge in [0.2, 0.25) is 0 Å². The molecule has 84 heavy (non-hydrogen) atoms. The van der Waals surface area contributed by atoms with Gasteiger partial charge in [-0.1, -0.05) is 127 Å². The van der Waals surface area contributed by atoms with Crippen LogP contribution >= 0.6 is 11.8 Å². The lowest BCUT2D eigenvalue weighted by molar-refractivity contribution is 0.713. The second-order valence-corrected chi connectivity index (χ2v) is 22.8. The fraction of sp³-hybridized carbons (Fsp3) is 0.0135. The molecule has 18 rings (SSSR count). The van der Waals surface area contributed by atoms with Crippen LogP contribution in [0.15, 0.2) is 247 Å². The van der Waals surface area contributed by atoms with E-state index in [9.17, 15) is 15.8 Å². The number of aromatic nitrogens is 6. The first-order valence-corrected chi connectivity index (χ1v) is 28.6. The van der Waals surface area contributed by atoms with Crippen LogP contribution in [0.5, 0.6) is 0 Å². The van der Waals surface area contributed by atoms with Crippen molar-refractivity contribution in [3.8, 4) is 52.3 Å². The van der Waals surface area contributed by atoms with Gasteiger partial charge in [0.05, 0.1) is 131 Å². The van der Waals surface area contributed by atoms with Gasteiger partial charge in [-0.25, -0.2) is 0 Å². The van der Waals surface area contributed by atoms with E-state index >= 15 is 0 Å². The van der Waals surface area contributed by atoms with Crippen LogP contribution in [0.4, 0.5) is 0 Å². The van der Waals surface area contributed by atoms with Crippen molar-refractivity contribution in [1.82, 2.24) is 28.2 Å². The second kappa shape index (κ2) is 17.0. The predicted octanol–water partition coefficient (Wildman–Crippen LogP) is 17.3. The van der Waals surface area contributed by atoms with E-state index in [1.54, 1.807) is 11.8 Å². The minimum absolute atomic E-state index is 0.596. The number of fused-ring (bicyclic) bond motifs is 21. The molecule has 2 aliphatic rings. The molecule has 6 aromatic heterocycles. The summed E-state index contributed by atoms with van der Waals surface area (Å²) in [4.78, 5) is 13.4. The lowest BCUT2D eigenvalue weighted by Gasteiger charge is -2.41. The molecule has 0 fully saturated rings. The molecule has 7 heterocycles. The quantitative estimate of drug-likeness (QED) is 0.173. The smallest absolute Gasteiger partial charge is 0.0991 e. The van der Waals surface area contributed by atoms with Gasteiger partial charge in [0.25, 0.3) is 0 Å². The summed E-state index contributed by atoms with van der Waals surface area (Å²) in [5.41, 5.74) is 18.4. The number of hydrogen-bond donors (Lipinski definition) is 0. The van der Waals surface area contributed by atoms with Gasteiger partial charge in [0.1, 0.15) is 0 Å². The minimum atomic E-state index is -1.07. The molecule has 0 saturated carbocycles. The van der Waals surface area contributed by atoms with Crippen molar-refractivity contribution >= 4 is 99.0 Å². The molecule has 0 N–H and O–H groups in total. The molecule has 0 bridgehead atoms. The van der Waals surface area contributed by atoms with E-state index in [0.29, 0.717) is 16.7 Å². The highest BCUT2D eigenvalue weighted by atomic mass is 32.2. The normalized spacial score (nSPS) is 13.0. The maximum atomic E-state index is 10.3. The topological polar surface area (TPSA) is 117 Å². The summed E-state index contributed by atoms with van der Waals surface area (Å²) >= 11 is 1.78. The van der Waals surface area contributed by atoms with Gasteiger partial charge < -0.3 is 18.3 Å². The summed E-state index contributed by atoms with van der Waals surface area (Å²) in [7, 11) is 0. The van der Waals surface area contributed by atoms with Crippen LogP contribution in [0.2, 0.25) is 0 Å². The van der Waals surface area contributed by atoms with Crippen molar-refractivity contribution in [2.24, 2.45) is 0 Å². The van der Waals surface area contributed by atoms with Gasteiger partial charge >= 0.3 is 0 Å². The van der Waals surface area contributed by atoms with E-state index < -0.39 is 5.41 Å². The van der Waals surface area contributed by atoms with E-state index in [2.05, 4.69) is 225 Å². The number of nitriles is 3. The molecule has 0 unspecified atom stereocenters. The van der Waals surface area contributed by atoms with Crippen LogP contribution in [0.3, 0.4) is 0 Å². The van der Waals surface area contributed by atoms with Gasteiger partial charge in [-0.05, 0) is 120 Å². The maximum Gasteiger partial charge on any atom is 0.0991 e. The zero-order valence-electron chi connectivity index (χ0n) is 44.4. The molecular weight excluding hydrogens is 1050 g/mol. The van der Waals surface area contributed by atoms with Crippen molar-refractivity contribution in [3.63, 3.8) is 0 Å². The van der Waals surface area contributed by atoms with E-state index in [1.165, 1.54) is 0 Å². The SMILES string of the molecule is N#Cc1ccc2c(c1)c1ccccc1n2-c1cnc2c(c1)C1(c3cc(-n4c5ccccc5c5ccccc54)cnc3-2)c2cccc(-n3c4ccccc4c4cc(C#N)ccc43)c2Sc2c(-n3c4ccccc4c4cc(C#N)ccc43)cccc21. The Hall–Kier alpha value is -11.5. The van der Waals surface area contributed by atoms with Gasteiger partial charge in [0, 0.05) is 64.0 Å². The Morgan fingerprint density at radius 3 is 1.00 bits per heavy atom. The molecule has 386 valence electrons. The highest BCUT2D eigenvalue weighted by Crippen LogP contribution is 2.64. The highest BCUT2D eigenvalue weighted by molar-refractivity contribution is 7.99. The molecule has 0 amide bonds. The third kappa shape index (κ3) is 5.99. The van der Waals surface area contributed by atoms with Crippen molar-refractivity contribution < 1.29 is 0 Å². The van der Waals surface area contributed by atoms with Crippen LogP contribution in [-0.2, 0) is 5.41 Å². The first-order valence-electron chi connectivity index (χ1n) is 27.8. The Morgan fingerprint density at radius 1 is 0.310 bits per heavy atom. The zero-order valence-corrected chi connectivity index (χ0v) is 45.3.